The number of anilines is 2. The molecule has 1 saturated carbocycles. The molecular weight excluding hydrogens is 409 g/mol. The summed E-state index contributed by atoms with van der Waals surface area (Å²) >= 11 is 0. The molecule has 2 N–H and O–H groups in total. The molecule has 1 heterocycles. The number of Topliss-reactive ketones (excluding diaryl/α,β-unsaturated/α-hetero) is 1. The minimum atomic E-state index is -0.744. The predicted molar refractivity (Wildman–Crippen MR) is 115 cm³/mol. The summed E-state index contributed by atoms with van der Waals surface area (Å²) in [7, 11) is 0. The van der Waals surface area contributed by atoms with Crippen molar-refractivity contribution < 1.29 is 14.0 Å². The highest BCUT2D eigenvalue weighted by Crippen LogP contribution is 2.49. The Morgan fingerprint density at radius 2 is 1.88 bits per heavy atom. The maximum absolute atomic E-state index is 14.6. The topological polar surface area (TPSA) is 108 Å². The SMILES string of the molecule is N#Cc1ccccc1Nc1ccc(CNC(=O)C2(CC(=O)c3cncnc3)CC2)c(F)c1. The first-order chi connectivity index (χ1) is 15.5. The summed E-state index contributed by atoms with van der Waals surface area (Å²) in [5.74, 6) is -0.920. The number of para-hydroxylation sites is 1. The van der Waals surface area contributed by atoms with Crippen LogP contribution >= 0.6 is 0 Å². The molecule has 0 aliphatic heterocycles. The van der Waals surface area contributed by atoms with Gasteiger partial charge < -0.3 is 10.6 Å². The molecule has 1 amide bonds. The van der Waals surface area contributed by atoms with Crippen molar-refractivity contribution >= 4 is 23.1 Å². The Labute approximate surface area is 184 Å². The molecular formula is C24H20FN5O2. The quantitative estimate of drug-likeness (QED) is 0.526. The van der Waals surface area contributed by atoms with Gasteiger partial charge in [0.25, 0.3) is 0 Å². The number of carbonyl (C=O) groups excluding carboxylic acids is 2. The van der Waals surface area contributed by atoms with Crippen molar-refractivity contribution in [1.82, 2.24) is 15.3 Å². The number of halogens is 1. The van der Waals surface area contributed by atoms with Crippen molar-refractivity contribution in [2.45, 2.75) is 25.8 Å². The molecule has 0 spiro atoms. The molecule has 3 aromatic rings. The molecule has 32 heavy (non-hydrogen) atoms. The molecule has 1 fully saturated rings. The average Bonchev–Trinajstić information content (AvgIpc) is 3.60. The number of nitrogens with zero attached hydrogens (tertiary/aromatic N) is 3. The highest BCUT2D eigenvalue weighted by Gasteiger charge is 2.51. The van der Waals surface area contributed by atoms with Crippen LogP contribution in [0.4, 0.5) is 15.8 Å². The Bertz CT molecular complexity index is 1200. The molecule has 7 nitrogen and oxygen atoms in total. The largest absolute Gasteiger partial charge is 0.354 e. The van der Waals surface area contributed by atoms with Gasteiger partial charge in [0.05, 0.1) is 22.2 Å². The zero-order valence-electron chi connectivity index (χ0n) is 17.1. The number of aromatic nitrogens is 2. The standard InChI is InChI=1S/C24H20FN5O2/c25-20-9-19(30-21-4-2-1-3-16(21)11-26)6-5-17(20)14-29-23(32)24(7-8-24)10-22(31)18-12-27-15-28-13-18/h1-6,9,12-13,15,30H,7-8,10,14H2,(H,29,32). The third-order valence-corrected chi connectivity index (χ3v) is 5.54. The van der Waals surface area contributed by atoms with Gasteiger partial charge in [0.1, 0.15) is 18.2 Å². The summed E-state index contributed by atoms with van der Waals surface area (Å²) in [6, 6.07) is 13.6. The van der Waals surface area contributed by atoms with Crippen LogP contribution in [0.25, 0.3) is 0 Å². The molecule has 4 rings (SSSR count). The van der Waals surface area contributed by atoms with Gasteiger partial charge in [-0.2, -0.15) is 5.26 Å². The minimum Gasteiger partial charge on any atom is -0.354 e. The Balaban J connectivity index is 1.37. The number of amides is 1. The number of benzene rings is 2. The first kappa shape index (κ1) is 21.1. The predicted octanol–water partition coefficient (Wildman–Crippen LogP) is 3.90. The first-order valence-electron chi connectivity index (χ1n) is 10.1. The minimum absolute atomic E-state index is 0.0180. The zero-order chi connectivity index (χ0) is 22.6. The number of nitriles is 1. The van der Waals surface area contributed by atoms with Gasteiger partial charge in [-0.3, -0.25) is 9.59 Å². The van der Waals surface area contributed by atoms with Gasteiger partial charge in [0, 0.05) is 36.6 Å². The van der Waals surface area contributed by atoms with Crippen LogP contribution in [0.5, 0.6) is 0 Å². The van der Waals surface area contributed by atoms with Crippen LogP contribution in [0.15, 0.2) is 61.2 Å². The lowest BCUT2D eigenvalue weighted by atomic mass is 9.95. The number of carbonyl (C=O) groups is 2. The second kappa shape index (κ2) is 8.94. The molecule has 1 aromatic heterocycles. The lowest BCUT2D eigenvalue weighted by Crippen LogP contribution is -2.33. The van der Waals surface area contributed by atoms with Crippen LogP contribution in [0.1, 0.15) is 40.7 Å². The molecule has 0 radical (unpaired) electrons. The summed E-state index contributed by atoms with van der Waals surface area (Å²) in [6.07, 6.45) is 5.51. The Morgan fingerprint density at radius 1 is 1.12 bits per heavy atom. The van der Waals surface area contributed by atoms with E-state index in [4.69, 9.17) is 0 Å². The molecule has 0 unspecified atom stereocenters. The normalized spacial score (nSPS) is 13.6. The van der Waals surface area contributed by atoms with E-state index >= 15 is 0 Å². The van der Waals surface area contributed by atoms with Gasteiger partial charge in [-0.25, -0.2) is 14.4 Å². The third-order valence-electron chi connectivity index (χ3n) is 5.54. The van der Waals surface area contributed by atoms with E-state index in [9.17, 15) is 19.2 Å². The zero-order valence-corrected chi connectivity index (χ0v) is 17.1. The Kier molecular flexibility index (Phi) is 5.90. The first-order valence-corrected chi connectivity index (χ1v) is 10.1. The van der Waals surface area contributed by atoms with E-state index in [1.165, 1.54) is 24.8 Å². The number of hydrogen-bond acceptors (Lipinski definition) is 6. The van der Waals surface area contributed by atoms with Gasteiger partial charge >= 0.3 is 0 Å². The second-order valence-electron chi connectivity index (χ2n) is 7.78. The molecule has 0 saturated heterocycles. The summed E-state index contributed by atoms with van der Waals surface area (Å²) < 4.78 is 14.6. The van der Waals surface area contributed by atoms with E-state index in [0.29, 0.717) is 40.9 Å². The monoisotopic (exact) mass is 429 g/mol. The van der Waals surface area contributed by atoms with Gasteiger partial charge in [-0.15, -0.1) is 0 Å². The summed E-state index contributed by atoms with van der Waals surface area (Å²) in [4.78, 5) is 32.8. The van der Waals surface area contributed by atoms with E-state index in [2.05, 4.69) is 26.7 Å². The van der Waals surface area contributed by atoms with E-state index in [1.807, 2.05) is 0 Å². The van der Waals surface area contributed by atoms with Crippen molar-refractivity contribution in [3.63, 3.8) is 0 Å². The molecule has 1 aliphatic rings. The molecule has 0 atom stereocenters. The second-order valence-corrected chi connectivity index (χ2v) is 7.78. The number of rotatable bonds is 8. The van der Waals surface area contributed by atoms with Crippen LogP contribution in [0.3, 0.4) is 0 Å². The number of hydrogen-bond donors (Lipinski definition) is 2. The summed E-state index contributed by atoms with van der Waals surface area (Å²) in [5, 5.41) is 15.0. The fourth-order valence-electron chi connectivity index (χ4n) is 3.46. The molecule has 0 bridgehead atoms. The molecule has 1 aliphatic carbocycles. The van der Waals surface area contributed by atoms with Crippen molar-refractivity contribution in [2.75, 3.05) is 5.32 Å². The van der Waals surface area contributed by atoms with Gasteiger partial charge in [0.15, 0.2) is 5.78 Å². The lowest BCUT2D eigenvalue weighted by molar-refractivity contribution is -0.126. The maximum atomic E-state index is 14.6. The van der Waals surface area contributed by atoms with Gasteiger partial charge in [-0.05, 0) is 37.1 Å². The van der Waals surface area contributed by atoms with Crippen molar-refractivity contribution in [3.05, 3.63) is 83.7 Å². The Morgan fingerprint density at radius 3 is 2.56 bits per heavy atom. The summed E-state index contributed by atoms with van der Waals surface area (Å²) in [5.41, 5.74) is 1.49. The van der Waals surface area contributed by atoms with Crippen molar-refractivity contribution in [3.8, 4) is 6.07 Å². The lowest BCUT2D eigenvalue weighted by Gasteiger charge is -2.15. The van der Waals surface area contributed by atoms with Gasteiger partial charge in [-0.1, -0.05) is 18.2 Å². The maximum Gasteiger partial charge on any atom is 0.226 e. The molecule has 2 aromatic carbocycles. The molecule has 8 heteroatoms. The van der Waals surface area contributed by atoms with Gasteiger partial charge in [0.2, 0.25) is 5.91 Å². The Hall–Kier alpha value is -4.12. The highest BCUT2D eigenvalue weighted by molar-refractivity contribution is 6.00. The average molecular weight is 429 g/mol. The van der Waals surface area contributed by atoms with E-state index in [1.54, 1.807) is 36.4 Å². The molecule has 160 valence electrons. The van der Waals surface area contributed by atoms with Crippen LogP contribution in [0.2, 0.25) is 0 Å². The van der Waals surface area contributed by atoms with Crippen LogP contribution < -0.4 is 10.6 Å². The smallest absolute Gasteiger partial charge is 0.226 e. The van der Waals surface area contributed by atoms with E-state index in [0.717, 1.165) is 0 Å². The van der Waals surface area contributed by atoms with Crippen molar-refractivity contribution in [2.24, 2.45) is 5.41 Å². The summed E-state index contributed by atoms with van der Waals surface area (Å²) in [6.45, 7) is 0.0180. The van der Waals surface area contributed by atoms with Crippen LogP contribution in [-0.4, -0.2) is 21.7 Å². The van der Waals surface area contributed by atoms with Crippen LogP contribution in [-0.2, 0) is 11.3 Å². The van der Waals surface area contributed by atoms with E-state index < -0.39 is 11.2 Å². The van der Waals surface area contributed by atoms with E-state index in [-0.39, 0.29) is 24.7 Å². The van der Waals surface area contributed by atoms with Crippen LogP contribution in [0, 0.1) is 22.6 Å². The fourth-order valence-corrected chi connectivity index (χ4v) is 3.46. The number of ketones is 1. The number of nitrogens with one attached hydrogen (secondary N) is 2. The highest BCUT2D eigenvalue weighted by atomic mass is 19.1. The third kappa shape index (κ3) is 4.62. The van der Waals surface area contributed by atoms with Crippen molar-refractivity contribution in [1.29, 1.82) is 5.26 Å². The fraction of sp³-hybridized carbons (Fsp3) is 0.208.